The van der Waals surface area contributed by atoms with E-state index in [1.54, 1.807) is 24.3 Å². The minimum atomic E-state index is -4.15. The molecule has 1 amide bonds. The Morgan fingerprint density at radius 3 is 2.52 bits per heavy atom. The summed E-state index contributed by atoms with van der Waals surface area (Å²) in [4.78, 5) is 11.2. The van der Waals surface area contributed by atoms with Gasteiger partial charge in [-0.15, -0.1) is 0 Å². The molecule has 0 spiro atoms. The van der Waals surface area contributed by atoms with Crippen molar-refractivity contribution in [2.45, 2.75) is 11.8 Å². The number of carbonyl (C=O) groups is 1. The van der Waals surface area contributed by atoms with Gasteiger partial charge in [0.2, 0.25) is 15.9 Å². The monoisotopic (exact) mass is 432 g/mol. The summed E-state index contributed by atoms with van der Waals surface area (Å²) in [6, 6.07) is 15.2. The van der Waals surface area contributed by atoms with Crippen molar-refractivity contribution in [2.24, 2.45) is 5.14 Å². The van der Waals surface area contributed by atoms with Crippen molar-refractivity contribution in [2.75, 3.05) is 5.32 Å². The summed E-state index contributed by atoms with van der Waals surface area (Å²) in [6.45, 7) is 1.34. The molecule has 0 aliphatic heterocycles. The van der Waals surface area contributed by atoms with Crippen LogP contribution in [0.5, 0.6) is 17.2 Å². The van der Waals surface area contributed by atoms with Gasteiger partial charge in [0.05, 0.1) is 0 Å². The van der Waals surface area contributed by atoms with Gasteiger partial charge in [-0.2, -0.15) is 0 Å². The molecule has 150 valence electrons. The Morgan fingerprint density at radius 2 is 1.86 bits per heavy atom. The molecular weight excluding hydrogens is 416 g/mol. The number of hydrogen-bond donors (Lipinski definition) is 3. The fraction of sp³-hybridized carbons (Fsp3) is 0.0500. The average molecular weight is 433 g/mol. The maximum Gasteiger partial charge on any atom is 0.241 e. The number of rotatable bonds is 5. The Balaban J connectivity index is 2.12. The fourth-order valence-corrected chi connectivity index (χ4v) is 3.57. The highest BCUT2D eigenvalue weighted by atomic mass is 35.5. The molecule has 29 heavy (non-hydrogen) atoms. The maximum absolute atomic E-state index is 12.2. The standard InChI is InChI=1S/C20H17ClN2O5S/c1-12(24)23-18-7-6-15(25)11-17(18)13-5-8-19(20(9-13)29(22,26)27)28-16-4-2-3-14(21)10-16/h2-11,25H,1H3,(H,23,24)(H2,22,26,27). The topological polar surface area (TPSA) is 119 Å². The zero-order valence-corrected chi connectivity index (χ0v) is 16.8. The molecule has 0 aromatic heterocycles. The van der Waals surface area contributed by atoms with Crippen LogP contribution >= 0.6 is 11.6 Å². The van der Waals surface area contributed by atoms with E-state index in [0.717, 1.165) is 0 Å². The lowest BCUT2D eigenvalue weighted by Gasteiger charge is -2.14. The first-order valence-electron chi connectivity index (χ1n) is 8.35. The molecule has 3 aromatic rings. The Hall–Kier alpha value is -3.07. The van der Waals surface area contributed by atoms with E-state index in [2.05, 4.69) is 5.32 Å². The van der Waals surface area contributed by atoms with Crippen LogP contribution in [0.3, 0.4) is 0 Å². The van der Waals surface area contributed by atoms with Crippen LogP contribution in [0, 0.1) is 0 Å². The van der Waals surface area contributed by atoms with Gasteiger partial charge in [0.15, 0.2) is 0 Å². The van der Waals surface area contributed by atoms with E-state index in [0.29, 0.717) is 27.6 Å². The van der Waals surface area contributed by atoms with Gasteiger partial charge < -0.3 is 15.2 Å². The van der Waals surface area contributed by atoms with Gasteiger partial charge in [-0.05, 0) is 54.1 Å². The number of nitrogens with one attached hydrogen (secondary N) is 1. The third-order valence-electron chi connectivity index (χ3n) is 3.90. The zero-order valence-electron chi connectivity index (χ0n) is 15.2. The molecule has 0 heterocycles. The van der Waals surface area contributed by atoms with Crippen molar-refractivity contribution >= 4 is 33.2 Å². The van der Waals surface area contributed by atoms with Crippen LogP contribution in [0.25, 0.3) is 11.1 Å². The minimum absolute atomic E-state index is 0.0137. The molecular formula is C20H17ClN2O5S. The Bertz CT molecular complexity index is 1200. The molecule has 4 N–H and O–H groups in total. The van der Waals surface area contributed by atoms with Crippen LogP contribution in [-0.2, 0) is 14.8 Å². The molecule has 0 aliphatic carbocycles. The maximum atomic E-state index is 12.2. The Morgan fingerprint density at radius 1 is 1.10 bits per heavy atom. The molecule has 0 saturated heterocycles. The van der Waals surface area contributed by atoms with E-state index < -0.39 is 10.0 Å². The highest BCUT2D eigenvalue weighted by Crippen LogP contribution is 2.37. The second kappa shape index (κ2) is 8.12. The van der Waals surface area contributed by atoms with Gasteiger partial charge in [0, 0.05) is 23.2 Å². The van der Waals surface area contributed by atoms with Crippen molar-refractivity contribution in [3.05, 3.63) is 65.7 Å². The number of nitrogens with two attached hydrogens (primary N) is 1. The number of sulfonamides is 1. The molecule has 0 radical (unpaired) electrons. The number of amides is 1. The summed E-state index contributed by atoms with van der Waals surface area (Å²) in [7, 11) is -4.15. The van der Waals surface area contributed by atoms with Gasteiger partial charge in [0.1, 0.15) is 22.1 Å². The number of benzene rings is 3. The van der Waals surface area contributed by atoms with Crippen molar-refractivity contribution in [1.82, 2.24) is 0 Å². The zero-order chi connectivity index (χ0) is 21.2. The Labute approximate surface area is 172 Å². The highest BCUT2D eigenvalue weighted by molar-refractivity contribution is 7.89. The summed E-state index contributed by atoms with van der Waals surface area (Å²) >= 11 is 5.94. The SMILES string of the molecule is CC(=O)Nc1ccc(O)cc1-c1ccc(Oc2cccc(Cl)c2)c(S(N)(=O)=O)c1. The first-order valence-corrected chi connectivity index (χ1v) is 10.3. The number of halogens is 1. The van der Waals surface area contributed by atoms with Gasteiger partial charge in [-0.1, -0.05) is 23.7 Å². The van der Waals surface area contributed by atoms with E-state index in [9.17, 15) is 18.3 Å². The summed E-state index contributed by atoms with van der Waals surface area (Å²) in [5.74, 6) is -0.0128. The quantitative estimate of drug-likeness (QED) is 0.524. The molecule has 0 atom stereocenters. The van der Waals surface area contributed by atoms with Crippen molar-refractivity contribution in [1.29, 1.82) is 0 Å². The predicted molar refractivity (Wildman–Crippen MR) is 111 cm³/mol. The number of anilines is 1. The molecule has 0 bridgehead atoms. The number of ether oxygens (including phenoxy) is 1. The van der Waals surface area contributed by atoms with E-state index >= 15 is 0 Å². The Kier molecular flexibility index (Phi) is 5.78. The van der Waals surface area contributed by atoms with Crippen LogP contribution in [0.2, 0.25) is 5.02 Å². The van der Waals surface area contributed by atoms with Crippen molar-refractivity contribution < 1.29 is 23.1 Å². The molecule has 9 heteroatoms. The molecule has 3 rings (SSSR count). The number of carbonyl (C=O) groups excluding carboxylic acids is 1. The molecule has 0 saturated carbocycles. The average Bonchev–Trinajstić information content (AvgIpc) is 2.62. The van der Waals surface area contributed by atoms with Crippen LogP contribution in [0.1, 0.15) is 6.92 Å². The van der Waals surface area contributed by atoms with Crippen molar-refractivity contribution in [3.63, 3.8) is 0 Å². The van der Waals surface area contributed by atoms with Gasteiger partial charge in [-0.3, -0.25) is 4.79 Å². The lowest BCUT2D eigenvalue weighted by atomic mass is 10.0. The first-order chi connectivity index (χ1) is 13.6. The number of hydrogen-bond acceptors (Lipinski definition) is 5. The molecule has 0 aliphatic rings. The van der Waals surface area contributed by atoms with E-state index in [1.165, 1.54) is 43.3 Å². The smallest absolute Gasteiger partial charge is 0.241 e. The van der Waals surface area contributed by atoms with Crippen molar-refractivity contribution in [3.8, 4) is 28.4 Å². The van der Waals surface area contributed by atoms with E-state index in [4.69, 9.17) is 21.5 Å². The fourth-order valence-electron chi connectivity index (χ4n) is 2.71. The second-order valence-corrected chi connectivity index (χ2v) is 8.14. The number of aromatic hydroxyl groups is 1. The van der Waals surface area contributed by atoms with Gasteiger partial charge >= 0.3 is 0 Å². The highest BCUT2D eigenvalue weighted by Gasteiger charge is 2.19. The van der Waals surface area contributed by atoms with Crippen LogP contribution in [0.15, 0.2) is 65.6 Å². The largest absolute Gasteiger partial charge is 0.508 e. The number of phenols is 1. The van der Waals surface area contributed by atoms with Gasteiger partial charge in [-0.25, -0.2) is 13.6 Å². The molecule has 0 fully saturated rings. The summed E-state index contributed by atoms with van der Waals surface area (Å²) in [6.07, 6.45) is 0. The minimum Gasteiger partial charge on any atom is -0.508 e. The van der Waals surface area contributed by atoms with E-state index in [1.807, 2.05) is 0 Å². The molecule has 0 unspecified atom stereocenters. The normalized spacial score (nSPS) is 11.1. The number of primary sulfonamides is 1. The van der Waals surface area contributed by atoms with Crippen LogP contribution in [0.4, 0.5) is 5.69 Å². The second-order valence-electron chi connectivity index (χ2n) is 6.18. The third kappa shape index (κ3) is 5.05. The molecule has 7 nitrogen and oxygen atoms in total. The summed E-state index contributed by atoms with van der Waals surface area (Å²) in [5.41, 5.74) is 1.23. The lowest BCUT2D eigenvalue weighted by molar-refractivity contribution is -0.114. The number of phenolic OH excluding ortho intramolecular Hbond substituents is 1. The van der Waals surface area contributed by atoms with Crippen LogP contribution < -0.4 is 15.2 Å². The summed E-state index contributed by atoms with van der Waals surface area (Å²) < 4.78 is 30.0. The van der Waals surface area contributed by atoms with Crippen LogP contribution in [-0.4, -0.2) is 19.4 Å². The lowest BCUT2D eigenvalue weighted by Crippen LogP contribution is -2.13. The third-order valence-corrected chi connectivity index (χ3v) is 5.07. The predicted octanol–water partition coefficient (Wildman–Crippen LogP) is 4.11. The van der Waals surface area contributed by atoms with Gasteiger partial charge in [0.25, 0.3) is 0 Å². The molecule has 3 aromatic carbocycles. The summed E-state index contributed by atoms with van der Waals surface area (Å²) in [5, 5.41) is 18.3. The first kappa shape index (κ1) is 20.7. The van der Waals surface area contributed by atoms with E-state index in [-0.39, 0.29) is 22.3 Å².